The predicted molar refractivity (Wildman–Crippen MR) is 157 cm³/mol. The fourth-order valence-corrected chi connectivity index (χ4v) is 4.87. The molecule has 1 aromatic heterocycles. The van der Waals surface area contributed by atoms with Crippen LogP contribution >= 0.6 is 0 Å². The van der Waals surface area contributed by atoms with Crippen LogP contribution in [0.15, 0.2) is 64.3 Å². The molecule has 3 aromatic carbocycles. The van der Waals surface area contributed by atoms with Crippen molar-refractivity contribution < 1.29 is 19.0 Å². The zero-order valence-corrected chi connectivity index (χ0v) is 23.7. The number of aliphatic hydroxyl groups is 1. The van der Waals surface area contributed by atoms with Crippen molar-refractivity contribution in [1.82, 2.24) is 14.5 Å². The summed E-state index contributed by atoms with van der Waals surface area (Å²) in [5.41, 5.74) is 4.43. The van der Waals surface area contributed by atoms with Crippen molar-refractivity contribution in [2.24, 2.45) is 14.1 Å². The van der Waals surface area contributed by atoms with Crippen LogP contribution in [-0.4, -0.2) is 40.4 Å². The van der Waals surface area contributed by atoms with E-state index < -0.39 is 23.0 Å². The molecule has 1 amide bonds. The second-order valence-corrected chi connectivity index (χ2v) is 9.75. The minimum atomic E-state index is -0.680. The fourth-order valence-electron chi connectivity index (χ4n) is 4.87. The number of carbonyl (C=O) groups excluding carboxylic acids is 1. The van der Waals surface area contributed by atoms with E-state index in [2.05, 4.69) is 10.6 Å². The summed E-state index contributed by atoms with van der Waals surface area (Å²) in [4.78, 5) is 37.6. The number of nitrogens with zero attached hydrogens (tertiary/aromatic N) is 2. The van der Waals surface area contributed by atoms with Crippen LogP contribution in [0.25, 0.3) is 22.3 Å². The van der Waals surface area contributed by atoms with Crippen LogP contribution < -0.4 is 26.6 Å². The highest BCUT2D eigenvalue weighted by Gasteiger charge is 2.19. The molecule has 214 valence electrons. The molecule has 0 aliphatic rings. The Balaban J connectivity index is 1.71. The Kier molecular flexibility index (Phi) is 8.85. The second-order valence-electron chi connectivity index (χ2n) is 9.75. The molecule has 0 radical (unpaired) electrons. The lowest BCUT2D eigenvalue weighted by molar-refractivity contribution is 0.102. The summed E-state index contributed by atoms with van der Waals surface area (Å²) in [6.07, 6.45) is 1.23. The molecule has 0 fully saturated rings. The van der Waals surface area contributed by atoms with Crippen LogP contribution in [0.2, 0.25) is 0 Å². The van der Waals surface area contributed by atoms with Crippen molar-refractivity contribution in [3.63, 3.8) is 0 Å². The Hall–Kier alpha value is -4.54. The third-order valence-corrected chi connectivity index (χ3v) is 7.17. The number of carbonyl (C=O) groups is 1. The quantitative estimate of drug-likeness (QED) is 0.270. The maximum atomic E-state index is 15.2. The van der Waals surface area contributed by atoms with Crippen molar-refractivity contribution in [3.05, 3.63) is 104 Å². The molecule has 0 aliphatic heterocycles. The lowest BCUT2D eigenvalue weighted by atomic mass is 9.90. The maximum absolute atomic E-state index is 15.2. The van der Waals surface area contributed by atoms with Crippen molar-refractivity contribution in [3.8, 4) is 28.0 Å². The first-order valence-corrected chi connectivity index (χ1v) is 13.0. The van der Waals surface area contributed by atoms with Gasteiger partial charge in [0.25, 0.3) is 11.5 Å². The van der Waals surface area contributed by atoms with E-state index in [1.54, 1.807) is 18.2 Å². The van der Waals surface area contributed by atoms with Gasteiger partial charge in [0.05, 0.1) is 13.7 Å². The van der Waals surface area contributed by atoms with Gasteiger partial charge in [-0.15, -0.1) is 0 Å². The molecule has 0 spiro atoms. The lowest BCUT2D eigenvalue weighted by Crippen LogP contribution is -2.40. The van der Waals surface area contributed by atoms with E-state index in [0.29, 0.717) is 29.1 Å². The molecule has 3 N–H and O–H groups in total. The van der Waals surface area contributed by atoms with E-state index in [4.69, 9.17) is 9.84 Å². The van der Waals surface area contributed by atoms with Crippen LogP contribution in [0, 0.1) is 19.7 Å². The number of aliphatic hydroxyl groups excluding tert-OH is 1. The largest absolute Gasteiger partial charge is 0.496 e. The number of benzene rings is 3. The maximum Gasteiger partial charge on any atom is 0.330 e. The summed E-state index contributed by atoms with van der Waals surface area (Å²) in [5.74, 6) is -0.635. The fraction of sp³-hybridized carbons (Fsp3) is 0.258. The lowest BCUT2D eigenvalue weighted by Gasteiger charge is -2.18. The second kappa shape index (κ2) is 12.3. The van der Waals surface area contributed by atoms with Crippen molar-refractivity contribution in [2.45, 2.75) is 20.4 Å². The molecule has 10 heteroatoms. The van der Waals surface area contributed by atoms with Crippen molar-refractivity contribution in [1.29, 1.82) is 0 Å². The van der Waals surface area contributed by atoms with Crippen molar-refractivity contribution >= 4 is 11.6 Å². The first-order chi connectivity index (χ1) is 19.6. The molecule has 41 heavy (non-hydrogen) atoms. The number of aromatic nitrogens is 2. The van der Waals surface area contributed by atoms with E-state index in [9.17, 15) is 14.4 Å². The number of anilines is 1. The molecule has 0 aliphatic carbocycles. The van der Waals surface area contributed by atoms with E-state index in [0.717, 1.165) is 32.4 Å². The Bertz CT molecular complexity index is 1740. The number of rotatable bonds is 9. The minimum absolute atomic E-state index is 0.0516. The van der Waals surface area contributed by atoms with Gasteiger partial charge in [0, 0.05) is 44.6 Å². The SMILES string of the molecule is COc1cc(-c2cccc(-c3cccc(NC(=O)c4cn(C)c(=O)n(C)c4=O)c3C)c2C)cc(F)c1CNCCO. The Labute approximate surface area is 236 Å². The smallest absolute Gasteiger partial charge is 0.330 e. The molecule has 1 heterocycles. The Morgan fingerprint density at radius 1 is 1.00 bits per heavy atom. The van der Waals surface area contributed by atoms with Gasteiger partial charge in [0.1, 0.15) is 17.1 Å². The normalized spacial score (nSPS) is 11.0. The third kappa shape index (κ3) is 5.84. The summed E-state index contributed by atoms with van der Waals surface area (Å²) < 4.78 is 22.7. The molecule has 4 aromatic rings. The monoisotopic (exact) mass is 560 g/mol. The zero-order valence-electron chi connectivity index (χ0n) is 23.7. The number of amides is 1. The minimum Gasteiger partial charge on any atom is -0.496 e. The van der Waals surface area contributed by atoms with Gasteiger partial charge in [0.15, 0.2) is 0 Å². The molecule has 0 bridgehead atoms. The average Bonchev–Trinajstić information content (AvgIpc) is 2.96. The summed E-state index contributed by atoms with van der Waals surface area (Å²) in [7, 11) is 4.29. The number of ether oxygens (including phenoxy) is 1. The number of halogens is 1. The summed E-state index contributed by atoms with van der Waals surface area (Å²) in [6, 6.07) is 14.5. The van der Waals surface area contributed by atoms with E-state index >= 15 is 4.39 Å². The van der Waals surface area contributed by atoms with Gasteiger partial charge in [-0.25, -0.2) is 9.18 Å². The molecule has 0 unspecified atom stereocenters. The molecule has 4 rings (SSSR count). The zero-order chi connectivity index (χ0) is 29.8. The van der Waals surface area contributed by atoms with E-state index in [1.807, 2.05) is 38.1 Å². The van der Waals surface area contributed by atoms with Crippen LogP contribution in [0.4, 0.5) is 10.1 Å². The van der Waals surface area contributed by atoms with E-state index in [-0.39, 0.29) is 18.7 Å². The molecule has 0 saturated carbocycles. The summed E-state index contributed by atoms with van der Waals surface area (Å²) >= 11 is 0. The summed E-state index contributed by atoms with van der Waals surface area (Å²) in [6.45, 7) is 4.32. The van der Waals surface area contributed by atoms with Crippen molar-refractivity contribution in [2.75, 3.05) is 25.6 Å². The topological polar surface area (TPSA) is 115 Å². The van der Waals surface area contributed by atoms with Crippen LogP contribution in [0.1, 0.15) is 27.0 Å². The van der Waals surface area contributed by atoms with Crippen LogP contribution in [0.5, 0.6) is 5.75 Å². The van der Waals surface area contributed by atoms with Gasteiger partial charge in [-0.05, 0) is 65.4 Å². The number of nitrogens with one attached hydrogen (secondary N) is 2. The first kappa shape index (κ1) is 29.4. The van der Waals surface area contributed by atoms with Crippen LogP contribution in [0.3, 0.4) is 0 Å². The van der Waals surface area contributed by atoms with Gasteiger partial charge in [0.2, 0.25) is 0 Å². The highest BCUT2D eigenvalue weighted by atomic mass is 19.1. The highest BCUT2D eigenvalue weighted by Crippen LogP contribution is 2.37. The number of hydrogen-bond acceptors (Lipinski definition) is 6. The molecule has 0 saturated heterocycles. The predicted octanol–water partition coefficient (Wildman–Crippen LogP) is 3.52. The molecule has 9 nitrogen and oxygen atoms in total. The van der Waals surface area contributed by atoms with Gasteiger partial charge in [-0.2, -0.15) is 0 Å². The standard InChI is InChI=1S/C31H33FN4O5/c1-18-21(20-14-26(32)24(16-33-12-13-37)28(15-20)41-5)8-6-9-22(18)23-10-7-11-27(19(23)2)34-29(38)25-17-35(3)31(40)36(4)30(25)39/h6-11,14-15,17,33,37H,12-13,16H2,1-5H3,(H,34,38). The van der Waals surface area contributed by atoms with Gasteiger partial charge < -0.3 is 25.0 Å². The number of aryl methyl sites for hydroxylation is 1. The van der Waals surface area contributed by atoms with Crippen LogP contribution in [-0.2, 0) is 20.6 Å². The van der Waals surface area contributed by atoms with Gasteiger partial charge >= 0.3 is 5.69 Å². The van der Waals surface area contributed by atoms with E-state index in [1.165, 1.54) is 38.0 Å². The molecule has 0 atom stereocenters. The average molecular weight is 561 g/mol. The Morgan fingerprint density at radius 2 is 1.66 bits per heavy atom. The molecular formula is C31H33FN4O5. The number of methoxy groups -OCH3 is 1. The van der Waals surface area contributed by atoms with Gasteiger partial charge in [-0.3, -0.25) is 14.2 Å². The highest BCUT2D eigenvalue weighted by molar-refractivity contribution is 6.04. The Morgan fingerprint density at radius 3 is 2.34 bits per heavy atom. The first-order valence-electron chi connectivity index (χ1n) is 13.0. The van der Waals surface area contributed by atoms with Gasteiger partial charge in [-0.1, -0.05) is 30.3 Å². The third-order valence-electron chi connectivity index (χ3n) is 7.17. The summed E-state index contributed by atoms with van der Waals surface area (Å²) in [5, 5.41) is 14.8. The number of hydrogen-bond donors (Lipinski definition) is 3. The molecular weight excluding hydrogens is 527 g/mol.